The van der Waals surface area contributed by atoms with E-state index in [0.717, 1.165) is 17.3 Å². The van der Waals surface area contributed by atoms with Gasteiger partial charge < -0.3 is 15.7 Å². The molecule has 6 heteroatoms. The maximum atomic E-state index is 11.9. The first kappa shape index (κ1) is 12.9. The van der Waals surface area contributed by atoms with E-state index in [1.807, 2.05) is 30.3 Å². The molecule has 2 amide bonds. The second-order valence-corrected chi connectivity index (χ2v) is 4.94. The maximum Gasteiger partial charge on any atom is 0.279 e. The van der Waals surface area contributed by atoms with Crippen molar-refractivity contribution >= 4 is 22.9 Å². The van der Waals surface area contributed by atoms with Gasteiger partial charge in [-0.3, -0.25) is 9.59 Å². The lowest BCUT2D eigenvalue weighted by Gasteiger charge is -2.19. The maximum absolute atomic E-state index is 11.9. The van der Waals surface area contributed by atoms with Crippen LogP contribution in [0.25, 0.3) is 0 Å². The molecule has 2 rings (SSSR count). The minimum Gasteiger partial charge on any atom is -0.394 e. The second kappa shape index (κ2) is 5.88. The molecule has 5 nitrogen and oxygen atoms in total. The van der Waals surface area contributed by atoms with E-state index in [4.69, 9.17) is 0 Å². The van der Waals surface area contributed by atoms with Crippen LogP contribution in [0.15, 0.2) is 30.3 Å². The normalized spacial score (nSPS) is 20.3. The van der Waals surface area contributed by atoms with Crippen LogP contribution in [0.4, 0.5) is 4.79 Å². The Hall–Kier alpha value is -1.53. The molecule has 0 spiro atoms. The van der Waals surface area contributed by atoms with Crippen LogP contribution in [0.3, 0.4) is 0 Å². The molecule has 1 heterocycles. The van der Waals surface area contributed by atoms with E-state index in [1.165, 1.54) is 0 Å². The number of aliphatic hydroxyl groups excluding tert-OH is 1. The van der Waals surface area contributed by atoms with Crippen molar-refractivity contribution in [3.63, 3.8) is 0 Å². The highest BCUT2D eigenvalue weighted by Gasteiger charge is 2.29. The van der Waals surface area contributed by atoms with E-state index in [1.54, 1.807) is 0 Å². The smallest absolute Gasteiger partial charge is 0.279 e. The average molecular weight is 266 g/mol. The van der Waals surface area contributed by atoms with Crippen LogP contribution in [0.2, 0.25) is 0 Å². The molecule has 0 aromatic heterocycles. The van der Waals surface area contributed by atoms with Crippen molar-refractivity contribution in [1.29, 1.82) is 0 Å². The zero-order valence-corrected chi connectivity index (χ0v) is 10.4. The van der Waals surface area contributed by atoms with Gasteiger partial charge >= 0.3 is 0 Å². The SMILES string of the molecule is O=C1NC(C(=O)N[C@@H](CO)c2ccccc2)CS1. The predicted molar refractivity (Wildman–Crippen MR) is 69.2 cm³/mol. The fourth-order valence-corrected chi connectivity index (χ4v) is 2.50. The van der Waals surface area contributed by atoms with Crippen LogP contribution in [0.1, 0.15) is 11.6 Å². The standard InChI is InChI=1S/C12H14N2O3S/c15-6-9(8-4-2-1-3-5-8)13-11(16)10-7-18-12(17)14-10/h1-5,9-10,15H,6-7H2,(H,13,16)(H,14,17)/t9-,10?/m0/s1. The predicted octanol–water partition coefficient (Wildman–Crippen LogP) is 0.661. The monoisotopic (exact) mass is 266 g/mol. The van der Waals surface area contributed by atoms with E-state index >= 15 is 0 Å². The van der Waals surface area contributed by atoms with Gasteiger partial charge in [-0.25, -0.2) is 0 Å². The van der Waals surface area contributed by atoms with Crippen LogP contribution in [0, 0.1) is 0 Å². The lowest BCUT2D eigenvalue weighted by atomic mass is 10.1. The van der Waals surface area contributed by atoms with E-state index in [2.05, 4.69) is 10.6 Å². The lowest BCUT2D eigenvalue weighted by molar-refractivity contribution is -0.123. The molecular formula is C12H14N2O3S. The van der Waals surface area contributed by atoms with Gasteiger partial charge in [0.25, 0.3) is 5.24 Å². The van der Waals surface area contributed by atoms with Crippen molar-refractivity contribution in [2.45, 2.75) is 12.1 Å². The molecule has 0 saturated carbocycles. The minimum absolute atomic E-state index is 0.177. The molecule has 1 saturated heterocycles. The second-order valence-electron chi connectivity index (χ2n) is 3.95. The van der Waals surface area contributed by atoms with Crippen molar-refractivity contribution in [1.82, 2.24) is 10.6 Å². The molecule has 1 aromatic rings. The molecule has 3 N–H and O–H groups in total. The Bertz CT molecular complexity index is 438. The van der Waals surface area contributed by atoms with E-state index in [9.17, 15) is 14.7 Å². The Morgan fingerprint density at radius 1 is 1.50 bits per heavy atom. The van der Waals surface area contributed by atoms with Crippen molar-refractivity contribution in [3.05, 3.63) is 35.9 Å². The number of thioether (sulfide) groups is 1. The first-order chi connectivity index (χ1) is 8.70. The summed E-state index contributed by atoms with van der Waals surface area (Å²) in [5.41, 5.74) is 0.838. The third-order valence-corrected chi connectivity index (χ3v) is 3.57. The van der Waals surface area contributed by atoms with E-state index in [-0.39, 0.29) is 17.8 Å². The summed E-state index contributed by atoms with van der Waals surface area (Å²) in [6.07, 6.45) is 0. The van der Waals surface area contributed by atoms with Crippen LogP contribution in [-0.4, -0.2) is 34.7 Å². The summed E-state index contributed by atoms with van der Waals surface area (Å²) in [5.74, 6) is 0.161. The summed E-state index contributed by atoms with van der Waals surface area (Å²) >= 11 is 1.09. The highest BCUT2D eigenvalue weighted by molar-refractivity contribution is 8.14. The van der Waals surface area contributed by atoms with Crippen molar-refractivity contribution in [2.24, 2.45) is 0 Å². The Morgan fingerprint density at radius 2 is 2.22 bits per heavy atom. The van der Waals surface area contributed by atoms with Gasteiger partial charge in [0, 0.05) is 5.75 Å². The molecule has 18 heavy (non-hydrogen) atoms. The quantitative estimate of drug-likeness (QED) is 0.748. The Morgan fingerprint density at radius 3 is 2.78 bits per heavy atom. The summed E-state index contributed by atoms with van der Waals surface area (Å²) in [7, 11) is 0. The summed E-state index contributed by atoms with van der Waals surface area (Å²) in [4.78, 5) is 22.9. The van der Waals surface area contributed by atoms with Gasteiger partial charge in [-0.15, -0.1) is 0 Å². The number of benzene rings is 1. The molecular weight excluding hydrogens is 252 g/mol. The number of hydrogen-bond acceptors (Lipinski definition) is 4. The van der Waals surface area contributed by atoms with Gasteiger partial charge in [-0.1, -0.05) is 42.1 Å². The van der Waals surface area contributed by atoms with E-state index in [0.29, 0.717) is 5.75 Å². The highest BCUT2D eigenvalue weighted by atomic mass is 32.2. The molecule has 2 atom stereocenters. The zero-order chi connectivity index (χ0) is 13.0. The fraction of sp³-hybridized carbons (Fsp3) is 0.333. The number of rotatable bonds is 4. The summed E-state index contributed by atoms with van der Waals surface area (Å²) in [5, 5.41) is 14.4. The number of carbonyl (C=O) groups excluding carboxylic acids is 2. The Labute approximate surface area is 109 Å². The number of hydrogen-bond donors (Lipinski definition) is 3. The molecule has 0 aliphatic carbocycles. The minimum atomic E-state index is -0.514. The largest absolute Gasteiger partial charge is 0.394 e. The van der Waals surface area contributed by atoms with Crippen molar-refractivity contribution < 1.29 is 14.7 Å². The van der Waals surface area contributed by atoms with Crippen LogP contribution >= 0.6 is 11.8 Å². The number of aliphatic hydroxyl groups is 1. The van der Waals surface area contributed by atoms with Crippen LogP contribution in [-0.2, 0) is 4.79 Å². The van der Waals surface area contributed by atoms with Crippen LogP contribution in [0.5, 0.6) is 0 Å². The van der Waals surface area contributed by atoms with Gasteiger partial charge in [-0.2, -0.15) is 0 Å². The average Bonchev–Trinajstić information content (AvgIpc) is 2.83. The third kappa shape index (κ3) is 3.02. The molecule has 1 unspecified atom stereocenters. The highest BCUT2D eigenvalue weighted by Crippen LogP contribution is 2.16. The van der Waals surface area contributed by atoms with E-state index < -0.39 is 12.1 Å². The molecule has 1 aliphatic heterocycles. The van der Waals surface area contributed by atoms with Gasteiger partial charge in [-0.05, 0) is 5.56 Å². The number of carbonyl (C=O) groups is 2. The lowest BCUT2D eigenvalue weighted by Crippen LogP contribution is -2.44. The molecule has 1 aromatic carbocycles. The number of nitrogens with one attached hydrogen (secondary N) is 2. The van der Waals surface area contributed by atoms with Gasteiger partial charge in [0.1, 0.15) is 6.04 Å². The Kier molecular flexibility index (Phi) is 4.22. The first-order valence-corrected chi connectivity index (χ1v) is 6.58. The first-order valence-electron chi connectivity index (χ1n) is 5.60. The van der Waals surface area contributed by atoms with Gasteiger partial charge in [0.05, 0.1) is 12.6 Å². The molecule has 1 fully saturated rings. The summed E-state index contributed by atoms with van der Waals surface area (Å²) in [6, 6.07) is 8.27. The van der Waals surface area contributed by atoms with Gasteiger partial charge in [0.2, 0.25) is 5.91 Å². The third-order valence-electron chi connectivity index (χ3n) is 2.69. The zero-order valence-electron chi connectivity index (χ0n) is 9.63. The summed E-state index contributed by atoms with van der Waals surface area (Å²) in [6.45, 7) is -0.177. The number of amides is 2. The van der Waals surface area contributed by atoms with Crippen molar-refractivity contribution in [2.75, 3.05) is 12.4 Å². The molecule has 1 aliphatic rings. The Balaban J connectivity index is 1.98. The molecule has 0 bridgehead atoms. The molecule has 0 radical (unpaired) electrons. The van der Waals surface area contributed by atoms with Gasteiger partial charge in [0.15, 0.2) is 0 Å². The molecule has 96 valence electrons. The topological polar surface area (TPSA) is 78.4 Å². The van der Waals surface area contributed by atoms with Crippen LogP contribution < -0.4 is 10.6 Å². The summed E-state index contributed by atoms with van der Waals surface area (Å²) < 4.78 is 0. The fourth-order valence-electron chi connectivity index (χ4n) is 1.72. The van der Waals surface area contributed by atoms with Crippen molar-refractivity contribution in [3.8, 4) is 0 Å².